The molecule has 80 valence electrons. The smallest absolute Gasteiger partial charge is 0.188 e. The first-order valence-electron chi connectivity index (χ1n) is 4.32. The van der Waals surface area contributed by atoms with Gasteiger partial charge in [0.1, 0.15) is 0 Å². The van der Waals surface area contributed by atoms with Crippen molar-refractivity contribution in [2.24, 2.45) is 0 Å². The lowest BCUT2D eigenvalue weighted by atomic mass is 10.4. The SMILES string of the molecule is CNCCSc1nc(C)cc(C)n1.Cl. The molecule has 0 aromatic carbocycles. The molecule has 0 fully saturated rings. The van der Waals surface area contributed by atoms with Crippen LogP contribution in [0.3, 0.4) is 0 Å². The van der Waals surface area contributed by atoms with E-state index >= 15 is 0 Å². The molecule has 1 aromatic rings. The topological polar surface area (TPSA) is 37.8 Å². The zero-order valence-electron chi connectivity index (χ0n) is 8.70. The van der Waals surface area contributed by atoms with Crippen molar-refractivity contribution < 1.29 is 0 Å². The molecule has 14 heavy (non-hydrogen) atoms. The molecular formula is C9H16ClN3S. The molecule has 1 aromatic heterocycles. The summed E-state index contributed by atoms with van der Waals surface area (Å²) in [5.74, 6) is 1.01. The fourth-order valence-corrected chi connectivity index (χ4v) is 1.91. The molecular weight excluding hydrogens is 218 g/mol. The van der Waals surface area contributed by atoms with Crippen molar-refractivity contribution in [2.45, 2.75) is 19.0 Å². The van der Waals surface area contributed by atoms with Gasteiger partial charge >= 0.3 is 0 Å². The summed E-state index contributed by atoms with van der Waals surface area (Å²) in [7, 11) is 1.95. The van der Waals surface area contributed by atoms with E-state index in [4.69, 9.17) is 0 Å². The molecule has 3 nitrogen and oxygen atoms in total. The van der Waals surface area contributed by atoms with Crippen LogP contribution in [0.15, 0.2) is 11.2 Å². The Kier molecular flexibility index (Phi) is 6.87. The van der Waals surface area contributed by atoms with Gasteiger partial charge in [0, 0.05) is 23.7 Å². The highest BCUT2D eigenvalue weighted by Crippen LogP contribution is 2.12. The van der Waals surface area contributed by atoms with E-state index in [2.05, 4.69) is 15.3 Å². The Balaban J connectivity index is 0.00000169. The highest BCUT2D eigenvalue weighted by Gasteiger charge is 1.98. The van der Waals surface area contributed by atoms with Crippen molar-refractivity contribution in [3.8, 4) is 0 Å². The van der Waals surface area contributed by atoms with Crippen molar-refractivity contribution >= 4 is 24.2 Å². The number of rotatable bonds is 4. The van der Waals surface area contributed by atoms with Crippen LogP contribution in [-0.2, 0) is 0 Å². The highest BCUT2D eigenvalue weighted by atomic mass is 35.5. The minimum absolute atomic E-state index is 0. The number of aromatic nitrogens is 2. The fraction of sp³-hybridized carbons (Fsp3) is 0.556. The second kappa shape index (κ2) is 7.04. The lowest BCUT2D eigenvalue weighted by molar-refractivity contribution is 0.861. The maximum atomic E-state index is 4.33. The lowest BCUT2D eigenvalue weighted by Gasteiger charge is -2.01. The zero-order valence-corrected chi connectivity index (χ0v) is 10.3. The van der Waals surface area contributed by atoms with Crippen LogP contribution in [0.5, 0.6) is 0 Å². The van der Waals surface area contributed by atoms with Gasteiger partial charge < -0.3 is 5.32 Å². The van der Waals surface area contributed by atoms with Crippen LogP contribution >= 0.6 is 24.2 Å². The fourth-order valence-electron chi connectivity index (χ4n) is 1.00. The molecule has 0 atom stereocenters. The second-order valence-electron chi connectivity index (χ2n) is 2.89. The van der Waals surface area contributed by atoms with Crippen molar-refractivity contribution in [3.63, 3.8) is 0 Å². The van der Waals surface area contributed by atoms with Gasteiger partial charge in [-0.25, -0.2) is 9.97 Å². The van der Waals surface area contributed by atoms with E-state index in [1.807, 2.05) is 27.0 Å². The van der Waals surface area contributed by atoms with E-state index in [0.29, 0.717) is 0 Å². The van der Waals surface area contributed by atoms with E-state index in [9.17, 15) is 0 Å². The standard InChI is InChI=1S/C9H15N3S.ClH/c1-7-6-8(2)12-9(11-7)13-5-4-10-3;/h6,10H,4-5H2,1-3H3;1H. The Hall–Kier alpha value is -0.320. The minimum atomic E-state index is 0. The second-order valence-corrected chi connectivity index (χ2v) is 3.95. The summed E-state index contributed by atoms with van der Waals surface area (Å²) in [5, 5.41) is 3.97. The molecule has 0 aliphatic heterocycles. The third-order valence-electron chi connectivity index (χ3n) is 1.54. The van der Waals surface area contributed by atoms with E-state index < -0.39 is 0 Å². The third kappa shape index (κ3) is 4.79. The average Bonchev–Trinajstić information content (AvgIpc) is 2.03. The van der Waals surface area contributed by atoms with Crippen LogP contribution in [0.25, 0.3) is 0 Å². The van der Waals surface area contributed by atoms with Crippen molar-refractivity contribution in [1.29, 1.82) is 0 Å². The van der Waals surface area contributed by atoms with E-state index in [1.54, 1.807) is 11.8 Å². The lowest BCUT2D eigenvalue weighted by Crippen LogP contribution is -2.10. The first kappa shape index (κ1) is 13.7. The molecule has 0 amide bonds. The predicted molar refractivity (Wildman–Crippen MR) is 63.4 cm³/mol. The maximum Gasteiger partial charge on any atom is 0.188 e. The minimum Gasteiger partial charge on any atom is -0.319 e. The molecule has 0 aliphatic carbocycles. The average molecular weight is 234 g/mol. The summed E-state index contributed by atoms with van der Waals surface area (Å²) in [6, 6.07) is 1.99. The van der Waals surface area contributed by atoms with Gasteiger partial charge in [0.2, 0.25) is 0 Å². The number of halogens is 1. The summed E-state index contributed by atoms with van der Waals surface area (Å²) in [4.78, 5) is 8.66. The first-order chi connectivity index (χ1) is 6.22. The van der Waals surface area contributed by atoms with Crippen LogP contribution in [0.4, 0.5) is 0 Å². The van der Waals surface area contributed by atoms with Gasteiger partial charge in [-0.2, -0.15) is 0 Å². The number of nitrogens with zero attached hydrogens (tertiary/aromatic N) is 2. The Morgan fingerprint density at radius 1 is 1.29 bits per heavy atom. The number of hydrogen-bond acceptors (Lipinski definition) is 4. The monoisotopic (exact) mass is 233 g/mol. The largest absolute Gasteiger partial charge is 0.319 e. The Labute approximate surface area is 95.5 Å². The summed E-state index contributed by atoms with van der Waals surface area (Å²) in [6.07, 6.45) is 0. The van der Waals surface area contributed by atoms with Gasteiger partial charge in [0.15, 0.2) is 5.16 Å². The number of aryl methyl sites for hydroxylation is 2. The molecule has 0 aliphatic rings. The van der Waals surface area contributed by atoms with Gasteiger partial charge in [-0.15, -0.1) is 12.4 Å². The van der Waals surface area contributed by atoms with Crippen molar-refractivity contribution in [1.82, 2.24) is 15.3 Å². The Morgan fingerprint density at radius 2 is 1.86 bits per heavy atom. The van der Waals surface area contributed by atoms with Crippen molar-refractivity contribution in [3.05, 3.63) is 17.5 Å². The third-order valence-corrected chi connectivity index (χ3v) is 2.39. The van der Waals surface area contributed by atoms with E-state index in [1.165, 1.54) is 0 Å². The summed E-state index contributed by atoms with van der Waals surface area (Å²) in [5.41, 5.74) is 2.08. The number of thioether (sulfide) groups is 1. The molecule has 0 spiro atoms. The van der Waals surface area contributed by atoms with Crippen LogP contribution in [0.2, 0.25) is 0 Å². The van der Waals surface area contributed by atoms with Crippen molar-refractivity contribution in [2.75, 3.05) is 19.3 Å². The van der Waals surface area contributed by atoms with E-state index in [-0.39, 0.29) is 12.4 Å². The molecule has 1 heterocycles. The molecule has 0 radical (unpaired) electrons. The van der Waals surface area contributed by atoms with Gasteiger partial charge in [0.05, 0.1) is 0 Å². The Bertz CT molecular complexity index is 261. The van der Waals surface area contributed by atoms with Gasteiger partial charge in [0.25, 0.3) is 0 Å². The first-order valence-corrected chi connectivity index (χ1v) is 5.30. The summed E-state index contributed by atoms with van der Waals surface area (Å²) < 4.78 is 0. The molecule has 0 bridgehead atoms. The molecule has 1 rings (SSSR count). The molecule has 1 N–H and O–H groups in total. The van der Waals surface area contributed by atoms with Gasteiger partial charge in [-0.05, 0) is 27.0 Å². The van der Waals surface area contributed by atoms with Crippen LogP contribution in [-0.4, -0.2) is 29.3 Å². The van der Waals surface area contributed by atoms with Gasteiger partial charge in [-0.1, -0.05) is 11.8 Å². The maximum absolute atomic E-state index is 4.33. The highest BCUT2D eigenvalue weighted by molar-refractivity contribution is 7.99. The summed E-state index contributed by atoms with van der Waals surface area (Å²) in [6.45, 7) is 4.98. The molecule has 0 saturated carbocycles. The Morgan fingerprint density at radius 3 is 2.36 bits per heavy atom. The number of nitrogens with one attached hydrogen (secondary N) is 1. The van der Waals surface area contributed by atoms with E-state index in [0.717, 1.165) is 28.8 Å². The van der Waals surface area contributed by atoms with Crippen LogP contribution in [0, 0.1) is 13.8 Å². The molecule has 0 saturated heterocycles. The number of hydrogen-bond donors (Lipinski definition) is 1. The predicted octanol–water partition coefficient (Wildman–Crippen LogP) is 1.83. The van der Waals surface area contributed by atoms with Crippen LogP contribution < -0.4 is 5.32 Å². The molecule has 0 unspecified atom stereocenters. The van der Waals surface area contributed by atoms with Crippen LogP contribution in [0.1, 0.15) is 11.4 Å². The quantitative estimate of drug-likeness (QED) is 0.489. The zero-order chi connectivity index (χ0) is 9.68. The normalized spacial score (nSPS) is 9.64. The summed E-state index contributed by atoms with van der Waals surface area (Å²) >= 11 is 1.69. The van der Waals surface area contributed by atoms with Gasteiger partial charge in [-0.3, -0.25) is 0 Å². The molecule has 5 heteroatoms.